The van der Waals surface area contributed by atoms with Crippen molar-refractivity contribution in [3.05, 3.63) is 56.0 Å². The maximum atomic E-state index is 11.9. The minimum absolute atomic E-state index is 0.0926. The van der Waals surface area contributed by atoms with Crippen molar-refractivity contribution in [1.29, 1.82) is 0 Å². The summed E-state index contributed by atoms with van der Waals surface area (Å²) >= 11 is 15.3. The van der Waals surface area contributed by atoms with Crippen LogP contribution in [-0.4, -0.2) is 12.5 Å². The van der Waals surface area contributed by atoms with Crippen LogP contribution in [0.15, 0.2) is 34.8 Å². The van der Waals surface area contributed by atoms with Gasteiger partial charge in [-0.3, -0.25) is 4.79 Å². The van der Waals surface area contributed by atoms with Crippen LogP contribution < -0.4 is 10.1 Å². The van der Waals surface area contributed by atoms with Gasteiger partial charge in [-0.1, -0.05) is 39.1 Å². The molecule has 2 aromatic rings. The number of hydrogen-bond donors (Lipinski definition) is 1. The van der Waals surface area contributed by atoms with Crippen molar-refractivity contribution in [2.75, 3.05) is 11.9 Å². The quantitative estimate of drug-likeness (QED) is 0.744. The number of rotatable bonds is 4. The number of carbonyl (C=O) groups is 1. The third kappa shape index (κ3) is 4.63. The predicted octanol–water partition coefficient (Wildman–Crippen LogP) is 5.39. The second kappa shape index (κ2) is 7.36. The Morgan fingerprint density at radius 1 is 1.09 bits per heavy atom. The molecule has 0 atom stereocenters. The van der Waals surface area contributed by atoms with Crippen LogP contribution >= 0.6 is 39.1 Å². The Hall–Kier alpha value is -1.23. The van der Waals surface area contributed by atoms with Gasteiger partial charge in [-0.25, -0.2) is 0 Å². The molecule has 0 saturated heterocycles. The van der Waals surface area contributed by atoms with Crippen molar-refractivity contribution in [3.63, 3.8) is 0 Å². The number of halogens is 3. The van der Waals surface area contributed by atoms with Crippen LogP contribution in [0.3, 0.4) is 0 Å². The van der Waals surface area contributed by atoms with Crippen LogP contribution in [0, 0.1) is 13.8 Å². The molecule has 0 heterocycles. The second-order valence-corrected chi connectivity index (χ2v) is 6.53. The SMILES string of the molecule is Cc1cc(OCC(=O)Nc2cc(Cl)cc(Cl)c2)cc(C)c1Br. The van der Waals surface area contributed by atoms with E-state index in [4.69, 9.17) is 27.9 Å². The highest BCUT2D eigenvalue weighted by Crippen LogP contribution is 2.26. The van der Waals surface area contributed by atoms with E-state index in [1.165, 1.54) is 0 Å². The summed E-state index contributed by atoms with van der Waals surface area (Å²) in [6.07, 6.45) is 0. The molecule has 0 aromatic heterocycles. The molecule has 0 bridgehead atoms. The molecular weight excluding hydrogens is 389 g/mol. The average Bonchev–Trinajstić information content (AvgIpc) is 2.41. The molecule has 3 nitrogen and oxygen atoms in total. The number of ether oxygens (including phenoxy) is 1. The Morgan fingerprint density at radius 3 is 2.18 bits per heavy atom. The van der Waals surface area contributed by atoms with E-state index < -0.39 is 0 Å². The zero-order valence-electron chi connectivity index (χ0n) is 12.0. The molecule has 2 rings (SSSR count). The van der Waals surface area contributed by atoms with Crippen molar-refractivity contribution in [2.24, 2.45) is 0 Å². The molecule has 0 aliphatic carbocycles. The molecule has 2 aromatic carbocycles. The predicted molar refractivity (Wildman–Crippen MR) is 94.2 cm³/mol. The third-order valence-corrected chi connectivity index (χ3v) is 4.61. The standard InChI is InChI=1S/C16H14BrCl2NO2/c1-9-3-14(4-10(2)16(9)17)22-8-15(21)20-13-6-11(18)5-12(19)7-13/h3-7H,8H2,1-2H3,(H,20,21). The summed E-state index contributed by atoms with van der Waals surface area (Å²) in [5.41, 5.74) is 2.64. The highest BCUT2D eigenvalue weighted by Gasteiger charge is 2.07. The van der Waals surface area contributed by atoms with Gasteiger partial charge in [-0.15, -0.1) is 0 Å². The number of hydrogen-bond acceptors (Lipinski definition) is 2. The lowest BCUT2D eigenvalue weighted by Gasteiger charge is -2.11. The summed E-state index contributed by atoms with van der Waals surface area (Å²) in [6.45, 7) is 3.85. The van der Waals surface area contributed by atoms with E-state index in [2.05, 4.69) is 21.2 Å². The van der Waals surface area contributed by atoms with E-state index in [-0.39, 0.29) is 12.5 Å². The molecule has 0 spiro atoms. The lowest BCUT2D eigenvalue weighted by atomic mass is 10.1. The largest absolute Gasteiger partial charge is 0.484 e. The number of benzene rings is 2. The van der Waals surface area contributed by atoms with E-state index in [9.17, 15) is 4.79 Å². The monoisotopic (exact) mass is 401 g/mol. The van der Waals surface area contributed by atoms with E-state index in [1.54, 1.807) is 18.2 Å². The van der Waals surface area contributed by atoms with Crippen LogP contribution in [-0.2, 0) is 4.79 Å². The molecule has 22 heavy (non-hydrogen) atoms. The third-order valence-electron chi connectivity index (χ3n) is 2.93. The van der Waals surface area contributed by atoms with Crippen LogP contribution in [0.5, 0.6) is 5.75 Å². The van der Waals surface area contributed by atoms with Gasteiger partial charge >= 0.3 is 0 Å². The smallest absolute Gasteiger partial charge is 0.262 e. The normalized spacial score (nSPS) is 10.4. The summed E-state index contributed by atoms with van der Waals surface area (Å²) in [6, 6.07) is 8.60. The van der Waals surface area contributed by atoms with E-state index in [1.807, 2.05) is 26.0 Å². The van der Waals surface area contributed by atoms with Gasteiger partial charge in [0.25, 0.3) is 5.91 Å². The Bertz CT molecular complexity index is 676. The molecule has 6 heteroatoms. The van der Waals surface area contributed by atoms with Gasteiger partial charge in [0.1, 0.15) is 5.75 Å². The number of aryl methyl sites for hydroxylation is 2. The highest BCUT2D eigenvalue weighted by molar-refractivity contribution is 9.10. The van der Waals surface area contributed by atoms with Crippen LogP contribution in [0.2, 0.25) is 10.0 Å². The van der Waals surface area contributed by atoms with Gasteiger partial charge in [0.15, 0.2) is 6.61 Å². The lowest BCUT2D eigenvalue weighted by Crippen LogP contribution is -2.20. The summed E-state index contributed by atoms with van der Waals surface area (Å²) in [4.78, 5) is 11.9. The fourth-order valence-corrected chi connectivity index (χ4v) is 2.72. The molecule has 0 radical (unpaired) electrons. The van der Waals surface area contributed by atoms with Crippen molar-refractivity contribution in [2.45, 2.75) is 13.8 Å². The Kier molecular flexibility index (Phi) is 5.73. The van der Waals surface area contributed by atoms with Gasteiger partial charge in [0.05, 0.1) is 0 Å². The van der Waals surface area contributed by atoms with Gasteiger partial charge < -0.3 is 10.1 Å². The topological polar surface area (TPSA) is 38.3 Å². The maximum Gasteiger partial charge on any atom is 0.262 e. The summed E-state index contributed by atoms with van der Waals surface area (Å²) < 4.78 is 6.56. The molecule has 116 valence electrons. The van der Waals surface area contributed by atoms with Crippen LogP contribution in [0.4, 0.5) is 5.69 Å². The van der Waals surface area contributed by atoms with Gasteiger partial charge in [-0.05, 0) is 55.3 Å². The molecule has 0 saturated carbocycles. The number of amides is 1. The first-order chi connectivity index (χ1) is 10.3. The average molecular weight is 403 g/mol. The number of nitrogens with one attached hydrogen (secondary N) is 1. The lowest BCUT2D eigenvalue weighted by molar-refractivity contribution is -0.118. The second-order valence-electron chi connectivity index (χ2n) is 4.87. The first kappa shape index (κ1) is 17.1. The van der Waals surface area contributed by atoms with Crippen molar-refractivity contribution in [1.82, 2.24) is 0 Å². The fraction of sp³-hybridized carbons (Fsp3) is 0.188. The zero-order chi connectivity index (χ0) is 16.3. The van der Waals surface area contributed by atoms with Crippen molar-refractivity contribution in [3.8, 4) is 5.75 Å². The van der Waals surface area contributed by atoms with Crippen molar-refractivity contribution >= 4 is 50.7 Å². The highest BCUT2D eigenvalue weighted by atomic mass is 79.9. The van der Waals surface area contributed by atoms with Gasteiger partial charge in [-0.2, -0.15) is 0 Å². The number of anilines is 1. The molecule has 1 amide bonds. The Labute approximate surface area is 147 Å². The summed E-state index contributed by atoms with van der Waals surface area (Å²) in [5.74, 6) is 0.369. The van der Waals surface area contributed by atoms with E-state index >= 15 is 0 Å². The minimum Gasteiger partial charge on any atom is -0.484 e. The fourth-order valence-electron chi connectivity index (χ4n) is 1.96. The Morgan fingerprint density at radius 2 is 1.64 bits per heavy atom. The summed E-state index contributed by atoms with van der Waals surface area (Å²) in [5, 5.41) is 3.61. The maximum absolute atomic E-state index is 11.9. The molecular formula is C16H14BrCl2NO2. The molecule has 0 aliphatic rings. The minimum atomic E-state index is -0.281. The molecule has 0 unspecified atom stereocenters. The van der Waals surface area contributed by atoms with E-state index in [0.29, 0.717) is 21.5 Å². The molecule has 0 fully saturated rings. The van der Waals surface area contributed by atoms with Crippen LogP contribution in [0.25, 0.3) is 0 Å². The summed E-state index contributed by atoms with van der Waals surface area (Å²) in [7, 11) is 0. The van der Waals surface area contributed by atoms with Crippen molar-refractivity contribution < 1.29 is 9.53 Å². The number of carbonyl (C=O) groups excluding carboxylic acids is 1. The zero-order valence-corrected chi connectivity index (χ0v) is 15.1. The first-order valence-corrected chi connectivity index (χ1v) is 8.05. The van der Waals surface area contributed by atoms with Gasteiger partial charge in [0.2, 0.25) is 0 Å². The first-order valence-electron chi connectivity index (χ1n) is 6.50. The van der Waals surface area contributed by atoms with E-state index in [0.717, 1.165) is 15.6 Å². The molecule has 0 aliphatic heterocycles. The molecule has 1 N–H and O–H groups in total. The van der Waals surface area contributed by atoms with Gasteiger partial charge in [0, 0.05) is 20.2 Å². The van der Waals surface area contributed by atoms with Crippen LogP contribution in [0.1, 0.15) is 11.1 Å². The Balaban J connectivity index is 1.98.